The minimum atomic E-state index is -0.570. The van der Waals surface area contributed by atoms with Crippen LogP contribution in [0, 0.1) is 11.6 Å². The zero-order chi connectivity index (χ0) is 13.1. The molecule has 0 aliphatic heterocycles. The highest BCUT2D eigenvalue weighted by molar-refractivity contribution is 5.19. The van der Waals surface area contributed by atoms with E-state index in [0.29, 0.717) is 18.5 Å². The lowest BCUT2D eigenvalue weighted by Crippen LogP contribution is -2.17. The molecule has 2 aromatic rings. The number of hydrogen-bond donors (Lipinski definition) is 1. The lowest BCUT2D eigenvalue weighted by Gasteiger charge is -2.04. The Kier molecular flexibility index (Phi) is 3.72. The third kappa shape index (κ3) is 3.13. The third-order valence-corrected chi connectivity index (χ3v) is 2.59. The fourth-order valence-corrected chi connectivity index (χ4v) is 1.77. The Bertz CT molecular complexity index is 535. The number of hydrogen-bond acceptors (Lipinski definition) is 2. The summed E-state index contributed by atoms with van der Waals surface area (Å²) in [6.45, 7) is 2.23. The minimum Gasteiger partial charge on any atom is -0.333 e. The molecule has 0 amide bonds. The van der Waals surface area contributed by atoms with Crippen LogP contribution in [-0.4, -0.2) is 15.6 Å². The molecule has 0 saturated carbocycles. The first-order valence-corrected chi connectivity index (χ1v) is 5.75. The van der Waals surface area contributed by atoms with Crippen LogP contribution < -0.4 is 5.73 Å². The molecule has 0 fully saturated rings. The van der Waals surface area contributed by atoms with Crippen LogP contribution in [0.2, 0.25) is 0 Å². The Labute approximate surface area is 104 Å². The normalized spacial score (nSPS) is 12.7. The maximum Gasteiger partial charge on any atom is 0.131 e. The van der Waals surface area contributed by atoms with Crippen molar-refractivity contribution in [2.45, 2.75) is 25.9 Å². The first-order chi connectivity index (χ1) is 8.54. The summed E-state index contributed by atoms with van der Waals surface area (Å²) in [5.41, 5.74) is 6.98. The van der Waals surface area contributed by atoms with Gasteiger partial charge in [-0.05, 0) is 13.0 Å². The van der Waals surface area contributed by atoms with Gasteiger partial charge >= 0.3 is 0 Å². The highest BCUT2D eigenvalue weighted by Crippen LogP contribution is 2.11. The molecular weight excluding hydrogens is 236 g/mol. The summed E-state index contributed by atoms with van der Waals surface area (Å²) in [5, 5.41) is 0. The second kappa shape index (κ2) is 5.27. The fourth-order valence-electron chi connectivity index (χ4n) is 1.77. The van der Waals surface area contributed by atoms with Gasteiger partial charge in [-0.15, -0.1) is 0 Å². The average molecular weight is 251 g/mol. The van der Waals surface area contributed by atoms with E-state index in [1.165, 1.54) is 12.1 Å². The van der Waals surface area contributed by atoms with Crippen molar-refractivity contribution in [3.8, 4) is 0 Å². The zero-order valence-corrected chi connectivity index (χ0v) is 10.1. The van der Waals surface area contributed by atoms with Gasteiger partial charge in [-0.2, -0.15) is 0 Å². The molecule has 3 nitrogen and oxygen atoms in total. The zero-order valence-electron chi connectivity index (χ0n) is 10.1. The van der Waals surface area contributed by atoms with E-state index in [9.17, 15) is 8.78 Å². The largest absolute Gasteiger partial charge is 0.333 e. The second-order valence-electron chi connectivity index (χ2n) is 4.45. The first-order valence-electron chi connectivity index (χ1n) is 5.75. The Hall–Kier alpha value is -1.75. The number of benzene rings is 1. The van der Waals surface area contributed by atoms with Crippen LogP contribution in [0.5, 0.6) is 0 Å². The summed E-state index contributed by atoms with van der Waals surface area (Å²) >= 11 is 0. The topological polar surface area (TPSA) is 43.8 Å². The molecule has 0 spiro atoms. The van der Waals surface area contributed by atoms with Crippen molar-refractivity contribution >= 4 is 0 Å². The molecule has 2 N–H and O–H groups in total. The summed E-state index contributed by atoms with van der Waals surface area (Å²) < 4.78 is 28.0. The number of rotatable bonds is 4. The minimum absolute atomic E-state index is 0.0379. The third-order valence-electron chi connectivity index (χ3n) is 2.59. The van der Waals surface area contributed by atoms with Crippen LogP contribution in [0.3, 0.4) is 0 Å². The Morgan fingerprint density at radius 3 is 2.83 bits per heavy atom. The number of nitrogens with two attached hydrogens (primary N) is 1. The van der Waals surface area contributed by atoms with Gasteiger partial charge in [0, 0.05) is 30.3 Å². The lowest BCUT2D eigenvalue weighted by atomic mass is 10.2. The van der Waals surface area contributed by atoms with Crippen molar-refractivity contribution in [2.24, 2.45) is 5.73 Å². The number of halogens is 2. The molecule has 1 heterocycles. The van der Waals surface area contributed by atoms with Gasteiger partial charge in [0.1, 0.15) is 11.6 Å². The van der Waals surface area contributed by atoms with E-state index >= 15 is 0 Å². The summed E-state index contributed by atoms with van der Waals surface area (Å²) in [5.74, 6) is -1.11. The molecule has 96 valence electrons. The van der Waals surface area contributed by atoms with Gasteiger partial charge in [0.15, 0.2) is 0 Å². The summed E-state index contributed by atoms with van der Waals surface area (Å²) in [6, 6.07) is 3.61. The van der Waals surface area contributed by atoms with Gasteiger partial charge in [-0.25, -0.2) is 13.8 Å². The summed E-state index contributed by atoms with van der Waals surface area (Å²) in [7, 11) is 0. The monoisotopic (exact) mass is 251 g/mol. The maximum atomic E-state index is 13.5. The molecule has 0 radical (unpaired) electrons. The SMILES string of the molecule is CC(N)Cc1cn(Cc2ccc(F)cc2F)cn1. The standard InChI is InChI=1S/C13H15F2N3/c1-9(16)4-12-7-18(8-17-12)6-10-2-3-11(14)5-13(10)15/h2-3,5,7-9H,4,6,16H2,1H3. The average Bonchev–Trinajstić information content (AvgIpc) is 2.69. The van der Waals surface area contributed by atoms with Crippen LogP contribution in [0.25, 0.3) is 0 Å². The summed E-state index contributed by atoms with van der Waals surface area (Å²) in [4.78, 5) is 4.19. The van der Waals surface area contributed by atoms with Crippen molar-refractivity contribution in [2.75, 3.05) is 0 Å². The van der Waals surface area contributed by atoms with E-state index in [0.717, 1.165) is 11.8 Å². The number of imidazole rings is 1. The van der Waals surface area contributed by atoms with Crippen molar-refractivity contribution < 1.29 is 8.78 Å². The van der Waals surface area contributed by atoms with Gasteiger partial charge in [-0.1, -0.05) is 6.07 Å². The molecule has 1 atom stereocenters. The molecule has 0 aliphatic carbocycles. The predicted octanol–water partition coefficient (Wildman–Crippen LogP) is 2.10. The number of nitrogens with zero attached hydrogens (tertiary/aromatic N) is 2. The molecule has 0 bridgehead atoms. The van der Waals surface area contributed by atoms with Crippen molar-refractivity contribution in [3.63, 3.8) is 0 Å². The molecule has 1 aromatic carbocycles. The lowest BCUT2D eigenvalue weighted by molar-refractivity contribution is 0.566. The van der Waals surface area contributed by atoms with Gasteiger partial charge in [0.25, 0.3) is 0 Å². The van der Waals surface area contributed by atoms with E-state index < -0.39 is 11.6 Å². The maximum absolute atomic E-state index is 13.5. The molecule has 2 rings (SSSR count). The highest BCUT2D eigenvalue weighted by Gasteiger charge is 2.06. The van der Waals surface area contributed by atoms with Crippen LogP contribution in [-0.2, 0) is 13.0 Å². The molecule has 1 aromatic heterocycles. The van der Waals surface area contributed by atoms with Gasteiger partial charge in [0.05, 0.1) is 18.6 Å². The van der Waals surface area contributed by atoms with E-state index in [1.807, 2.05) is 13.1 Å². The quantitative estimate of drug-likeness (QED) is 0.904. The van der Waals surface area contributed by atoms with E-state index in [-0.39, 0.29) is 6.04 Å². The van der Waals surface area contributed by atoms with Crippen LogP contribution in [0.4, 0.5) is 8.78 Å². The highest BCUT2D eigenvalue weighted by atomic mass is 19.1. The molecule has 0 aliphatic rings. The van der Waals surface area contributed by atoms with E-state index in [1.54, 1.807) is 10.9 Å². The van der Waals surface area contributed by atoms with E-state index in [2.05, 4.69) is 4.98 Å². The molecule has 18 heavy (non-hydrogen) atoms. The smallest absolute Gasteiger partial charge is 0.131 e. The Morgan fingerprint density at radius 2 is 2.17 bits per heavy atom. The Balaban J connectivity index is 2.11. The van der Waals surface area contributed by atoms with Crippen molar-refractivity contribution in [1.82, 2.24) is 9.55 Å². The predicted molar refractivity (Wildman–Crippen MR) is 65.0 cm³/mol. The Morgan fingerprint density at radius 1 is 1.39 bits per heavy atom. The molecular formula is C13H15F2N3. The van der Waals surface area contributed by atoms with Crippen molar-refractivity contribution in [1.29, 1.82) is 0 Å². The van der Waals surface area contributed by atoms with Crippen LogP contribution in [0.1, 0.15) is 18.2 Å². The van der Waals surface area contributed by atoms with Crippen LogP contribution in [0.15, 0.2) is 30.7 Å². The van der Waals surface area contributed by atoms with E-state index in [4.69, 9.17) is 5.73 Å². The first kappa shape index (κ1) is 12.7. The van der Waals surface area contributed by atoms with Gasteiger partial charge in [-0.3, -0.25) is 0 Å². The fraction of sp³-hybridized carbons (Fsp3) is 0.308. The molecule has 5 heteroatoms. The second-order valence-corrected chi connectivity index (χ2v) is 4.45. The summed E-state index contributed by atoms with van der Waals surface area (Å²) in [6.07, 6.45) is 4.13. The van der Waals surface area contributed by atoms with Gasteiger partial charge < -0.3 is 10.3 Å². The molecule has 1 unspecified atom stereocenters. The van der Waals surface area contributed by atoms with Crippen molar-refractivity contribution in [3.05, 3.63) is 53.6 Å². The number of aromatic nitrogens is 2. The van der Waals surface area contributed by atoms with Gasteiger partial charge in [0.2, 0.25) is 0 Å². The van der Waals surface area contributed by atoms with Crippen LogP contribution >= 0.6 is 0 Å². The molecule has 0 saturated heterocycles.